The second-order valence-electron chi connectivity index (χ2n) is 10.1. The lowest BCUT2D eigenvalue weighted by Gasteiger charge is -2.50. The summed E-state index contributed by atoms with van der Waals surface area (Å²) in [5, 5.41) is 2.74. The van der Waals surface area contributed by atoms with Crippen molar-refractivity contribution in [3.05, 3.63) is 34.9 Å². The van der Waals surface area contributed by atoms with E-state index in [-0.39, 0.29) is 29.2 Å². The molecule has 4 aliphatic heterocycles. The van der Waals surface area contributed by atoms with Gasteiger partial charge in [-0.2, -0.15) is 0 Å². The highest BCUT2D eigenvalue weighted by molar-refractivity contribution is 7.80. The molecule has 0 aromatic heterocycles. The molecule has 6 amide bonds. The van der Waals surface area contributed by atoms with Gasteiger partial charge in [0.25, 0.3) is 11.8 Å². The quantitative estimate of drug-likeness (QED) is 0.276. The van der Waals surface area contributed by atoms with E-state index in [1.54, 1.807) is 0 Å². The minimum Gasteiger partial charge on any atom is -0.367 e. The van der Waals surface area contributed by atoms with E-state index in [9.17, 15) is 24.0 Å². The highest BCUT2D eigenvalue weighted by atomic mass is 32.1. The Morgan fingerprint density at radius 3 is 2.39 bits per heavy atom. The first-order valence-electron chi connectivity index (χ1n) is 12.1. The normalized spacial score (nSPS) is 26.7. The van der Waals surface area contributed by atoms with Gasteiger partial charge in [-0.1, -0.05) is 6.07 Å². The molecule has 1 saturated carbocycles. The van der Waals surface area contributed by atoms with Crippen molar-refractivity contribution < 1.29 is 24.0 Å². The number of benzene rings is 1. The van der Waals surface area contributed by atoms with E-state index in [2.05, 4.69) is 10.2 Å². The van der Waals surface area contributed by atoms with Crippen molar-refractivity contribution in [2.24, 2.45) is 5.41 Å². The summed E-state index contributed by atoms with van der Waals surface area (Å²) >= 11 is 5.20. The third kappa shape index (κ3) is 3.01. The number of carbonyl (C=O) groups is 5. The number of carbonyl (C=O) groups excluding carboxylic acids is 5. The molecule has 1 spiro atoms. The topological polar surface area (TPSA) is 110 Å². The predicted molar refractivity (Wildman–Crippen MR) is 132 cm³/mol. The molecule has 6 rings (SSSR count). The van der Waals surface area contributed by atoms with E-state index in [0.29, 0.717) is 18.5 Å². The van der Waals surface area contributed by atoms with E-state index >= 15 is 0 Å². The van der Waals surface area contributed by atoms with Crippen LogP contribution >= 0.6 is 12.2 Å². The first-order chi connectivity index (χ1) is 17.1. The molecule has 1 aliphatic carbocycles. The van der Waals surface area contributed by atoms with Gasteiger partial charge in [-0.05, 0) is 73.7 Å². The molecule has 1 N–H and O–H groups in total. The highest BCUT2D eigenvalue weighted by Gasteiger charge is 2.63. The molecule has 10 nitrogen and oxygen atoms in total. The monoisotopic (exact) mass is 507 g/mol. The van der Waals surface area contributed by atoms with Gasteiger partial charge in [0.15, 0.2) is 10.5 Å². The number of hydrogen-bond donors (Lipinski definition) is 1. The van der Waals surface area contributed by atoms with Crippen molar-refractivity contribution >= 4 is 58.8 Å². The molecular weight excluding hydrogens is 482 g/mol. The number of barbiturate groups is 1. The lowest BCUT2D eigenvalue weighted by Crippen LogP contribution is -2.70. The third-order valence-corrected chi connectivity index (χ3v) is 8.31. The first-order valence-corrected chi connectivity index (χ1v) is 12.5. The summed E-state index contributed by atoms with van der Waals surface area (Å²) < 4.78 is 0. The molecule has 1 aromatic carbocycles. The Labute approximate surface area is 212 Å². The summed E-state index contributed by atoms with van der Waals surface area (Å²) in [6, 6.07) is 4.61. The second-order valence-corrected chi connectivity index (χ2v) is 10.5. The van der Waals surface area contributed by atoms with Gasteiger partial charge in [0, 0.05) is 32.4 Å². The number of amides is 6. The number of urea groups is 1. The minimum atomic E-state index is -1.40. The Bertz CT molecular complexity index is 1290. The third-order valence-electron chi connectivity index (χ3n) is 8.01. The molecular formula is C25H25N5O5S. The van der Waals surface area contributed by atoms with Gasteiger partial charge in [-0.25, -0.2) is 4.79 Å². The molecule has 0 bridgehead atoms. The summed E-state index contributed by atoms with van der Waals surface area (Å²) in [6.45, 7) is 0.691. The zero-order valence-corrected chi connectivity index (χ0v) is 20.8. The molecule has 36 heavy (non-hydrogen) atoms. The Morgan fingerprint density at radius 2 is 1.72 bits per heavy atom. The highest BCUT2D eigenvalue weighted by Crippen LogP contribution is 2.49. The number of nitrogens with zero attached hydrogens (tertiary/aromatic N) is 4. The predicted octanol–water partition coefficient (Wildman–Crippen LogP) is 1.04. The average molecular weight is 508 g/mol. The smallest absolute Gasteiger partial charge is 0.332 e. The maximum absolute atomic E-state index is 13.5. The fourth-order valence-electron chi connectivity index (χ4n) is 6.13. The van der Waals surface area contributed by atoms with Gasteiger partial charge in [-0.15, -0.1) is 0 Å². The molecule has 186 valence electrons. The maximum atomic E-state index is 13.5. The summed E-state index contributed by atoms with van der Waals surface area (Å²) in [5.74, 6) is -1.94. The summed E-state index contributed by atoms with van der Waals surface area (Å²) in [4.78, 5) is 70.9. The van der Waals surface area contributed by atoms with Crippen molar-refractivity contribution in [3.63, 3.8) is 0 Å². The van der Waals surface area contributed by atoms with E-state index in [4.69, 9.17) is 12.2 Å². The van der Waals surface area contributed by atoms with Crippen LogP contribution in [0.2, 0.25) is 0 Å². The van der Waals surface area contributed by atoms with Gasteiger partial charge in [-0.3, -0.25) is 39.2 Å². The van der Waals surface area contributed by atoms with Crippen molar-refractivity contribution in [1.82, 2.24) is 20.0 Å². The SMILES string of the molecule is CN1C(=O)N(C)C(=O)C2(Cc3cc(/C=C4\C(=O)NC(=S)N(C5CC5)C4=O)ccc3N3CCC[C@H]32)C1=O. The largest absolute Gasteiger partial charge is 0.367 e. The number of anilines is 1. The molecule has 0 unspecified atom stereocenters. The molecule has 4 fully saturated rings. The average Bonchev–Trinajstić information content (AvgIpc) is 3.56. The van der Waals surface area contributed by atoms with Crippen LogP contribution in [0.3, 0.4) is 0 Å². The number of hydrogen-bond acceptors (Lipinski definition) is 7. The number of rotatable bonds is 2. The Balaban J connectivity index is 1.42. The second kappa shape index (κ2) is 7.70. The van der Waals surface area contributed by atoms with E-state index in [0.717, 1.165) is 40.3 Å². The minimum absolute atomic E-state index is 0.00472. The van der Waals surface area contributed by atoms with Gasteiger partial charge in [0.05, 0.1) is 6.04 Å². The molecule has 1 aromatic rings. The van der Waals surface area contributed by atoms with Crippen LogP contribution in [0.4, 0.5) is 10.5 Å². The van der Waals surface area contributed by atoms with Crippen LogP contribution in [0, 0.1) is 5.41 Å². The fraction of sp³-hybridized carbons (Fsp3) is 0.440. The molecule has 0 radical (unpaired) electrons. The van der Waals surface area contributed by atoms with Crippen LogP contribution in [-0.4, -0.2) is 82.2 Å². The molecule has 11 heteroatoms. The lowest BCUT2D eigenvalue weighted by molar-refractivity contribution is -0.159. The van der Waals surface area contributed by atoms with E-state index in [1.165, 1.54) is 25.1 Å². The molecule has 5 aliphatic rings. The molecule has 3 saturated heterocycles. The first kappa shape index (κ1) is 22.8. The van der Waals surface area contributed by atoms with Crippen molar-refractivity contribution in [2.75, 3.05) is 25.5 Å². The van der Waals surface area contributed by atoms with Gasteiger partial charge < -0.3 is 4.90 Å². The van der Waals surface area contributed by atoms with Crippen LogP contribution in [0.5, 0.6) is 0 Å². The number of thiocarbonyl (C=S) groups is 1. The maximum Gasteiger partial charge on any atom is 0.332 e. The summed E-state index contributed by atoms with van der Waals surface area (Å²) in [5.41, 5.74) is 0.888. The van der Waals surface area contributed by atoms with Gasteiger partial charge in [0.1, 0.15) is 5.57 Å². The lowest BCUT2D eigenvalue weighted by atomic mass is 9.68. The zero-order valence-electron chi connectivity index (χ0n) is 19.9. The van der Waals surface area contributed by atoms with E-state index < -0.39 is 35.1 Å². The fourth-order valence-corrected chi connectivity index (χ4v) is 6.45. The van der Waals surface area contributed by atoms with Crippen molar-refractivity contribution in [3.8, 4) is 0 Å². The van der Waals surface area contributed by atoms with Crippen LogP contribution in [-0.2, 0) is 25.6 Å². The van der Waals surface area contributed by atoms with Crippen molar-refractivity contribution in [2.45, 2.75) is 44.2 Å². The number of imide groups is 2. The number of nitrogens with one attached hydrogen (secondary N) is 1. The Kier molecular flexibility index (Phi) is 4.88. The number of fused-ring (bicyclic) bond motifs is 4. The Morgan fingerprint density at radius 1 is 1.03 bits per heavy atom. The Hall–Kier alpha value is -3.60. The van der Waals surface area contributed by atoms with Crippen LogP contribution in [0.25, 0.3) is 6.08 Å². The van der Waals surface area contributed by atoms with Crippen LogP contribution in [0.15, 0.2) is 23.8 Å². The molecule has 4 heterocycles. The summed E-state index contributed by atoms with van der Waals surface area (Å²) in [7, 11) is 2.82. The zero-order chi connectivity index (χ0) is 25.5. The van der Waals surface area contributed by atoms with Crippen LogP contribution < -0.4 is 10.2 Å². The van der Waals surface area contributed by atoms with Gasteiger partial charge >= 0.3 is 6.03 Å². The summed E-state index contributed by atoms with van der Waals surface area (Å²) in [6.07, 6.45) is 4.86. The molecule has 1 atom stereocenters. The van der Waals surface area contributed by atoms with E-state index in [1.807, 2.05) is 18.2 Å². The van der Waals surface area contributed by atoms with Crippen LogP contribution in [0.1, 0.15) is 36.8 Å². The van der Waals surface area contributed by atoms with Gasteiger partial charge in [0.2, 0.25) is 11.8 Å². The standard InChI is InChI=1S/C25H25N5O5S/c1-27-21(33)25(22(34)28(2)24(27)35)12-14-10-13(5-8-17(14)29-9-3-4-18(25)29)11-16-19(31)26-23(36)30(20(16)32)15-6-7-15/h5,8,10-11,15,18H,3-4,6-7,9,12H2,1-2H3,(H,26,31,36)/b16-11+/t18-/m0/s1. The van der Waals surface area contributed by atoms with Crippen molar-refractivity contribution in [1.29, 1.82) is 0 Å².